The van der Waals surface area contributed by atoms with Crippen molar-refractivity contribution >= 4 is 17.2 Å². The quantitative estimate of drug-likeness (QED) is 0.433. The topological polar surface area (TPSA) is 42.0 Å². The Hall–Kier alpha value is -3.34. The summed E-state index contributed by atoms with van der Waals surface area (Å²) >= 11 is 0. The Kier molecular flexibility index (Phi) is 3.82. The van der Waals surface area contributed by atoms with Gasteiger partial charge in [-0.1, -0.05) is 24.3 Å². The van der Waals surface area contributed by atoms with Gasteiger partial charge in [-0.2, -0.15) is 0 Å². The Bertz CT molecular complexity index is 1060. The van der Waals surface area contributed by atoms with Crippen molar-refractivity contribution in [2.75, 3.05) is 0 Å². The first-order valence-corrected chi connectivity index (χ1v) is 7.93. The second kappa shape index (κ2) is 6.28. The molecule has 0 N–H and O–H groups in total. The van der Waals surface area contributed by atoms with Crippen LogP contribution in [0.1, 0.15) is 5.56 Å². The number of hydrogen-bond acceptors (Lipinski definition) is 3. The Labute approximate surface area is 144 Å². The number of imidazole rings is 1. The number of benzene rings is 2. The van der Waals surface area contributed by atoms with Crippen molar-refractivity contribution in [1.29, 1.82) is 0 Å². The van der Waals surface area contributed by atoms with Crippen LogP contribution in [0.2, 0.25) is 0 Å². The summed E-state index contributed by atoms with van der Waals surface area (Å²) < 4.78 is 15.1. The average Bonchev–Trinajstić information content (AvgIpc) is 3.00. The van der Waals surface area contributed by atoms with Gasteiger partial charge in [0.1, 0.15) is 17.2 Å². The van der Waals surface area contributed by atoms with Crippen molar-refractivity contribution in [1.82, 2.24) is 9.38 Å². The van der Waals surface area contributed by atoms with Gasteiger partial charge < -0.3 is 0 Å². The molecule has 0 amide bonds. The van der Waals surface area contributed by atoms with Gasteiger partial charge in [-0.3, -0.25) is 4.40 Å². The molecule has 0 radical (unpaired) electrons. The lowest BCUT2D eigenvalue weighted by atomic mass is 10.1. The van der Waals surface area contributed by atoms with Crippen LogP contribution in [-0.2, 0) is 0 Å². The summed E-state index contributed by atoms with van der Waals surface area (Å²) in [5.74, 6) is 0.334. The molecule has 122 valence electrons. The molecule has 0 aliphatic heterocycles. The standard InChI is InChI=1S/C20H15FN4/c1-14-6-2-3-7-17(14)23-24-20-19(15-9-11-16(21)12-10-15)22-18-8-4-5-13-25(18)20/h2-13H,1H3. The van der Waals surface area contributed by atoms with Gasteiger partial charge in [-0.15, -0.1) is 10.2 Å². The molecule has 5 heteroatoms. The Morgan fingerprint density at radius 2 is 1.64 bits per heavy atom. The van der Waals surface area contributed by atoms with Gasteiger partial charge in [0.2, 0.25) is 0 Å². The molecule has 4 aromatic rings. The number of aryl methyl sites for hydroxylation is 1. The molecular weight excluding hydrogens is 315 g/mol. The van der Waals surface area contributed by atoms with E-state index in [0.29, 0.717) is 11.5 Å². The van der Waals surface area contributed by atoms with Gasteiger partial charge in [-0.05, 0) is 55.0 Å². The fourth-order valence-electron chi connectivity index (χ4n) is 2.66. The zero-order chi connectivity index (χ0) is 17.2. The number of aromatic nitrogens is 2. The van der Waals surface area contributed by atoms with Crippen LogP contribution >= 0.6 is 0 Å². The average molecular weight is 330 g/mol. The van der Waals surface area contributed by atoms with Crippen molar-refractivity contribution in [3.8, 4) is 11.3 Å². The third kappa shape index (κ3) is 2.92. The summed E-state index contributed by atoms with van der Waals surface area (Å²) in [4.78, 5) is 4.63. The Balaban J connectivity index is 1.88. The molecule has 0 fully saturated rings. The van der Waals surface area contributed by atoms with Crippen molar-refractivity contribution in [3.05, 3.63) is 84.3 Å². The number of halogens is 1. The smallest absolute Gasteiger partial charge is 0.187 e. The molecule has 0 saturated carbocycles. The van der Waals surface area contributed by atoms with Crippen LogP contribution in [0.3, 0.4) is 0 Å². The van der Waals surface area contributed by atoms with Gasteiger partial charge in [0.05, 0.1) is 5.69 Å². The molecule has 0 aliphatic carbocycles. The summed E-state index contributed by atoms with van der Waals surface area (Å²) in [6.45, 7) is 1.99. The maximum atomic E-state index is 13.3. The summed E-state index contributed by atoms with van der Waals surface area (Å²) in [5.41, 5.74) is 4.08. The minimum atomic E-state index is -0.282. The molecule has 0 unspecified atom stereocenters. The Morgan fingerprint density at radius 3 is 2.44 bits per heavy atom. The second-order valence-corrected chi connectivity index (χ2v) is 5.71. The highest BCUT2D eigenvalue weighted by atomic mass is 19.1. The highest BCUT2D eigenvalue weighted by Crippen LogP contribution is 2.32. The fraction of sp³-hybridized carbons (Fsp3) is 0.0500. The van der Waals surface area contributed by atoms with E-state index in [-0.39, 0.29) is 5.82 Å². The minimum Gasteiger partial charge on any atom is -0.283 e. The maximum absolute atomic E-state index is 13.3. The number of pyridine rings is 1. The first-order valence-electron chi connectivity index (χ1n) is 7.93. The lowest BCUT2D eigenvalue weighted by Crippen LogP contribution is -1.82. The molecule has 4 nitrogen and oxygen atoms in total. The van der Waals surface area contributed by atoms with Crippen LogP contribution in [0.5, 0.6) is 0 Å². The van der Waals surface area contributed by atoms with Crippen molar-refractivity contribution < 1.29 is 4.39 Å². The lowest BCUT2D eigenvalue weighted by Gasteiger charge is -2.01. The number of nitrogens with zero attached hydrogens (tertiary/aromatic N) is 4. The highest BCUT2D eigenvalue weighted by molar-refractivity contribution is 5.74. The minimum absolute atomic E-state index is 0.282. The van der Waals surface area contributed by atoms with E-state index in [1.165, 1.54) is 12.1 Å². The number of azo groups is 1. The van der Waals surface area contributed by atoms with Gasteiger partial charge in [0.25, 0.3) is 0 Å². The molecule has 2 heterocycles. The van der Waals surface area contributed by atoms with Crippen molar-refractivity contribution in [2.24, 2.45) is 10.2 Å². The molecule has 2 aromatic heterocycles. The van der Waals surface area contributed by atoms with Gasteiger partial charge in [0.15, 0.2) is 5.82 Å². The molecule has 0 bridgehead atoms. The lowest BCUT2D eigenvalue weighted by molar-refractivity contribution is 0.628. The zero-order valence-corrected chi connectivity index (χ0v) is 13.6. The van der Waals surface area contributed by atoms with Crippen molar-refractivity contribution in [2.45, 2.75) is 6.92 Å². The number of rotatable bonds is 3. The molecule has 4 rings (SSSR count). The predicted octanol–water partition coefficient (Wildman–Crippen LogP) is 5.86. The van der Waals surface area contributed by atoms with E-state index in [1.807, 2.05) is 60.0 Å². The van der Waals surface area contributed by atoms with Gasteiger partial charge in [0, 0.05) is 11.8 Å². The monoisotopic (exact) mass is 330 g/mol. The number of fused-ring (bicyclic) bond motifs is 1. The highest BCUT2D eigenvalue weighted by Gasteiger charge is 2.14. The SMILES string of the molecule is Cc1ccccc1N=Nc1c(-c2ccc(F)cc2)nc2ccccn12. The van der Waals surface area contributed by atoms with E-state index in [0.717, 1.165) is 22.5 Å². The predicted molar refractivity (Wildman–Crippen MR) is 95.9 cm³/mol. The first kappa shape index (κ1) is 15.2. The largest absolute Gasteiger partial charge is 0.283 e. The molecule has 0 saturated heterocycles. The fourth-order valence-corrected chi connectivity index (χ4v) is 2.66. The zero-order valence-electron chi connectivity index (χ0n) is 13.6. The molecule has 2 aromatic carbocycles. The molecular formula is C20H15FN4. The second-order valence-electron chi connectivity index (χ2n) is 5.71. The van der Waals surface area contributed by atoms with E-state index in [1.54, 1.807) is 12.1 Å². The van der Waals surface area contributed by atoms with Crippen LogP contribution in [-0.4, -0.2) is 9.38 Å². The van der Waals surface area contributed by atoms with E-state index in [2.05, 4.69) is 15.2 Å². The summed E-state index contributed by atoms with van der Waals surface area (Å²) in [6, 6.07) is 19.8. The normalized spacial score (nSPS) is 11.4. The van der Waals surface area contributed by atoms with Crippen molar-refractivity contribution in [3.63, 3.8) is 0 Å². The summed E-state index contributed by atoms with van der Waals surface area (Å²) in [5, 5.41) is 8.85. The third-order valence-corrected chi connectivity index (χ3v) is 3.99. The maximum Gasteiger partial charge on any atom is 0.187 e. The van der Waals surface area contributed by atoms with Gasteiger partial charge in [-0.25, -0.2) is 9.37 Å². The summed E-state index contributed by atoms with van der Waals surface area (Å²) in [7, 11) is 0. The van der Waals surface area contributed by atoms with Crippen LogP contribution in [0, 0.1) is 12.7 Å². The van der Waals surface area contributed by atoms with Gasteiger partial charge >= 0.3 is 0 Å². The molecule has 25 heavy (non-hydrogen) atoms. The Morgan fingerprint density at radius 1 is 0.880 bits per heavy atom. The van der Waals surface area contributed by atoms with E-state index in [9.17, 15) is 4.39 Å². The van der Waals surface area contributed by atoms with E-state index >= 15 is 0 Å². The van der Waals surface area contributed by atoms with Crippen LogP contribution < -0.4 is 0 Å². The van der Waals surface area contributed by atoms with Crippen LogP contribution in [0.4, 0.5) is 15.9 Å². The first-order chi connectivity index (χ1) is 12.2. The number of hydrogen-bond donors (Lipinski definition) is 0. The van der Waals surface area contributed by atoms with E-state index < -0.39 is 0 Å². The van der Waals surface area contributed by atoms with Crippen LogP contribution in [0.25, 0.3) is 16.9 Å². The van der Waals surface area contributed by atoms with Crippen LogP contribution in [0.15, 0.2) is 83.2 Å². The summed E-state index contributed by atoms with van der Waals surface area (Å²) in [6.07, 6.45) is 1.89. The van der Waals surface area contributed by atoms with E-state index in [4.69, 9.17) is 0 Å². The third-order valence-electron chi connectivity index (χ3n) is 3.99. The molecule has 0 spiro atoms. The molecule has 0 aliphatic rings. The molecule has 0 atom stereocenters.